The number of halogens is 2. The Morgan fingerprint density at radius 2 is 1.55 bits per heavy atom. The van der Waals surface area contributed by atoms with Crippen molar-refractivity contribution in [3.63, 3.8) is 0 Å². The highest BCUT2D eigenvalue weighted by atomic mass is 79.9. The van der Waals surface area contributed by atoms with E-state index < -0.39 is 6.04 Å². The Kier molecular flexibility index (Phi) is 9.52. The zero-order valence-electron chi connectivity index (χ0n) is 18.6. The fourth-order valence-electron chi connectivity index (χ4n) is 3.58. The number of carbonyl (C=O) groups is 2. The van der Waals surface area contributed by atoms with Crippen LogP contribution in [0.1, 0.15) is 30.0 Å². The number of nitrogens with one attached hydrogen (secondary N) is 1. The molecule has 1 unspecified atom stereocenters. The van der Waals surface area contributed by atoms with Crippen LogP contribution >= 0.6 is 27.5 Å². The Balaban J connectivity index is 1.93. The molecule has 4 nitrogen and oxygen atoms in total. The van der Waals surface area contributed by atoms with Crippen molar-refractivity contribution in [1.82, 2.24) is 10.2 Å². The summed E-state index contributed by atoms with van der Waals surface area (Å²) in [6.45, 7) is 2.93. The monoisotopic (exact) mass is 526 g/mol. The largest absolute Gasteiger partial charge is 0.354 e. The minimum Gasteiger partial charge on any atom is -0.354 e. The van der Waals surface area contributed by atoms with Crippen molar-refractivity contribution in [2.24, 2.45) is 0 Å². The van der Waals surface area contributed by atoms with Gasteiger partial charge in [-0.2, -0.15) is 0 Å². The van der Waals surface area contributed by atoms with Crippen molar-refractivity contribution in [2.45, 2.75) is 38.8 Å². The second-order valence-corrected chi connectivity index (χ2v) is 9.30. The van der Waals surface area contributed by atoms with Gasteiger partial charge in [-0.05, 0) is 47.4 Å². The predicted octanol–water partition coefficient (Wildman–Crippen LogP) is 5.81. The van der Waals surface area contributed by atoms with Crippen molar-refractivity contribution in [1.29, 1.82) is 0 Å². The van der Waals surface area contributed by atoms with Crippen LogP contribution in [0, 0.1) is 0 Å². The van der Waals surface area contributed by atoms with Crippen LogP contribution in [0.5, 0.6) is 0 Å². The molecule has 0 saturated carbocycles. The van der Waals surface area contributed by atoms with Crippen LogP contribution in [0.15, 0.2) is 83.3 Å². The molecule has 3 aromatic rings. The highest BCUT2D eigenvalue weighted by Crippen LogP contribution is 2.19. The summed E-state index contributed by atoms with van der Waals surface area (Å²) in [6.07, 6.45) is 1.47. The van der Waals surface area contributed by atoms with Gasteiger partial charge in [0.2, 0.25) is 11.8 Å². The van der Waals surface area contributed by atoms with E-state index >= 15 is 0 Å². The molecular formula is C27H28BrClN2O2. The predicted molar refractivity (Wildman–Crippen MR) is 137 cm³/mol. The Morgan fingerprint density at radius 1 is 0.909 bits per heavy atom. The van der Waals surface area contributed by atoms with E-state index in [1.54, 1.807) is 17.0 Å². The Bertz CT molecular complexity index is 1040. The van der Waals surface area contributed by atoms with Crippen molar-refractivity contribution in [3.05, 3.63) is 105 Å². The van der Waals surface area contributed by atoms with E-state index in [0.717, 1.165) is 27.6 Å². The average molecular weight is 528 g/mol. The summed E-state index contributed by atoms with van der Waals surface area (Å²) in [5.74, 6) is -0.241. The number of nitrogens with zero attached hydrogens (tertiary/aromatic N) is 1. The number of rotatable bonds is 10. The first kappa shape index (κ1) is 25.0. The van der Waals surface area contributed by atoms with Gasteiger partial charge in [-0.1, -0.05) is 89.1 Å². The molecule has 0 saturated heterocycles. The minimum atomic E-state index is -0.623. The fraction of sp³-hybridized carbons (Fsp3) is 0.259. The molecule has 0 heterocycles. The molecular weight excluding hydrogens is 500 g/mol. The van der Waals surface area contributed by atoms with Gasteiger partial charge >= 0.3 is 0 Å². The summed E-state index contributed by atoms with van der Waals surface area (Å²) < 4.78 is 0.965. The van der Waals surface area contributed by atoms with Crippen LogP contribution in [0.4, 0.5) is 0 Å². The van der Waals surface area contributed by atoms with Crippen LogP contribution in [0.25, 0.3) is 0 Å². The second-order valence-electron chi connectivity index (χ2n) is 7.95. The maximum absolute atomic E-state index is 13.6. The molecule has 6 heteroatoms. The standard InChI is InChI=1S/C27H28BrClN2O2/c1-2-16-30-27(33)25(17-20-6-4-3-5-7-20)31(19-22-8-12-23(28)13-9-22)26(32)18-21-10-14-24(29)15-11-21/h3-15,25H,2,16-19H2,1H3,(H,30,33). The maximum Gasteiger partial charge on any atom is 0.243 e. The molecule has 2 amide bonds. The summed E-state index contributed by atoms with van der Waals surface area (Å²) in [7, 11) is 0. The van der Waals surface area contributed by atoms with Crippen LogP contribution < -0.4 is 5.32 Å². The molecule has 3 rings (SSSR count). The van der Waals surface area contributed by atoms with Gasteiger partial charge in [0, 0.05) is 29.0 Å². The average Bonchev–Trinajstić information content (AvgIpc) is 2.83. The van der Waals surface area contributed by atoms with Crippen LogP contribution in [0.3, 0.4) is 0 Å². The molecule has 1 N–H and O–H groups in total. The zero-order valence-corrected chi connectivity index (χ0v) is 21.0. The van der Waals surface area contributed by atoms with Crippen molar-refractivity contribution >= 4 is 39.3 Å². The van der Waals surface area contributed by atoms with Crippen molar-refractivity contribution in [3.8, 4) is 0 Å². The topological polar surface area (TPSA) is 49.4 Å². The highest BCUT2D eigenvalue weighted by molar-refractivity contribution is 9.10. The van der Waals surface area contributed by atoms with Gasteiger partial charge in [-0.3, -0.25) is 9.59 Å². The Labute approximate surface area is 209 Å². The molecule has 0 bridgehead atoms. The van der Waals surface area contributed by atoms with Gasteiger partial charge in [0.1, 0.15) is 6.04 Å². The van der Waals surface area contributed by atoms with E-state index in [0.29, 0.717) is 24.5 Å². The molecule has 0 aromatic heterocycles. The van der Waals surface area contributed by atoms with Crippen LogP contribution in [0.2, 0.25) is 5.02 Å². The normalized spacial score (nSPS) is 11.6. The zero-order chi connectivity index (χ0) is 23.6. The maximum atomic E-state index is 13.6. The lowest BCUT2D eigenvalue weighted by Crippen LogP contribution is -2.51. The summed E-state index contributed by atoms with van der Waals surface area (Å²) in [5, 5.41) is 3.62. The number of carbonyl (C=O) groups excluding carboxylic acids is 2. The molecule has 0 spiro atoms. The Morgan fingerprint density at radius 3 is 2.18 bits per heavy atom. The number of amides is 2. The van der Waals surface area contributed by atoms with Crippen molar-refractivity contribution < 1.29 is 9.59 Å². The van der Waals surface area contributed by atoms with E-state index in [9.17, 15) is 9.59 Å². The van der Waals surface area contributed by atoms with E-state index in [1.165, 1.54) is 0 Å². The van der Waals surface area contributed by atoms with E-state index in [1.807, 2.05) is 73.7 Å². The van der Waals surface area contributed by atoms with Crippen LogP contribution in [-0.4, -0.2) is 29.3 Å². The third-order valence-corrected chi connectivity index (χ3v) is 6.14. The van der Waals surface area contributed by atoms with Gasteiger partial charge in [0.25, 0.3) is 0 Å². The SMILES string of the molecule is CCCNC(=O)C(Cc1ccccc1)N(Cc1ccc(Br)cc1)C(=O)Cc1ccc(Cl)cc1. The molecule has 3 aromatic carbocycles. The quantitative estimate of drug-likeness (QED) is 0.362. The van der Waals surface area contributed by atoms with Gasteiger partial charge in [0.15, 0.2) is 0 Å². The molecule has 0 fully saturated rings. The minimum absolute atomic E-state index is 0.104. The summed E-state index contributed by atoms with van der Waals surface area (Å²) in [4.78, 5) is 28.6. The summed E-state index contributed by atoms with van der Waals surface area (Å²) in [5.41, 5.74) is 2.83. The summed E-state index contributed by atoms with van der Waals surface area (Å²) in [6, 6.07) is 24.3. The first-order valence-corrected chi connectivity index (χ1v) is 12.2. The lowest BCUT2D eigenvalue weighted by Gasteiger charge is -2.31. The lowest BCUT2D eigenvalue weighted by atomic mass is 10.0. The first-order chi connectivity index (χ1) is 16.0. The molecule has 33 heavy (non-hydrogen) atoms. The fourth-order valence-corrected chi connectivity index (χ4v) is 3.98. The molecule has 0 radical (unpaired) electrons. The molecule has 0 aliphatic rings. The van der Waals surface area contributed by atoms with Gasteiger partial charge in [0.05, 0.1) is 6.42 Å². The number of benzene rings is 3. The van der Waals surface area contributed by atoms with Crippen LogP contribution in [-0.2, 0) is 29.0 Å². The van der Waals surface area contributed by atoms with Gasteiger partial charge in [-0.15, -0.1) is 0 Å². The Hall–Kier alpha value is -2.63. The molecule has 0 aliphatic heterocycles. The van der Waals surface area contributed by atoms with E-state index in [-0.39, 0.29) is 18.2 Å². The third kappa shape index (κ3) is 7.72. The smallest absolute Gasteiger partial charge is 0.243 e. The molecule has 0 aliphatic carbocycles. The third-order valence-electron chi connectivity index (χ3n) is 5.36. The highest BCUT2D eigenvalue weighted by Gasteiger charge is 2.30. The van der Waals surface area contributed by atoms with E-state index in [2.05, 4.69) is 21.2 Å². The van der Waals surface area contributed by atoms with Gasteiger partial charge in [-0.25, -0.2) is 0 Å². The lowest BCUT2D eigenvalue weighted by molar-refractivity contribution is -0.140. The van der Waals surface area contributed by atoms with Gasteiger partial charge < -0.3 is 10.2 Å². The molecule has 1 atom stereocenters. The number of hydrogen-bond donors (Lipinski definition) is 1. The summed E-state index contributed by atoms with van der Waals surface area (Å²) >= 11 is 9.47. The van der Waals surface area contributed by atoms with E-state index in [4.69, 9.17) is 11.6 Å². The number of hydrogen-bond acceptors (Lipinski definition) is 2. The first-order valence-electron chi connectivity index (χ1n) is 11.1. The molecule has 172 valence electrons. The second kappa shape index (κ2) is 12.6. The van der Waals surface area contributed by atoms with Crippen molar-refractivity contribution in [2.75, 3.05) is 6.54 Å².